The SMILES string of the molecule is CCCCCOc1ccc(-c2ccc(C#Cc3ccc(F)cc3)cc2)cc1. The van der Waals surface area contributed by atoms with Gasteiger partial charge in [0.05, 0.1) is 6.61 Å². The summed E-state index contributed by atoms with van der Waals surface area (Å²) >= 11 is 0. The first-order valence-electron chi connectivity index (χ1n) is 9.35. The second-order valence-electron chi connectivity index (χ2n) is 6.41. The summed E-state index contributed by atoms with van der Waals surface area (Å²) in [6.07, 6.45) is 3.50. The third-order valence-corrected chi connectivity index (χ3v) is 4.28. The number of hydrogen-bond acceptors (Lipinski definition) is 1. The van der Waals surface area contributed by atoms with Gasteiger partial charge in [-0.05, 0) is 66.1 Å². The normalized spacial score (nSPS) is 10.1. The summed E-state index contributed by atoms with van der Waals surface area (Å²) in [5.74, 6) is 6.83. The molecule has 1 nitrogen and oxygen atoms in total. The molecule has 0 aromatic heterocycles. The highest BCUT2D eigenvalue weighted by molar-refractivity contribution is 5.65. The number of rotatable bonds is 6. The lowest BCUT2D eigenvalue weighted by molar-refractivity contribution is 0.306. The Labute approximate surface area is 160 Å². The standard InChI is InChI=1S/C25H23FO/c1-2-3-4-19-27-25-17-13-23(14-18-25)22-11-7-20(8-12-22)5-6-21-9-15-24(26)16-10-21/h7-18H,2-4,19H2,1H3. The second kappa shape index (κ2) is 9.59. The van der Waals surface area contributed by atoms with Gasteiger partial charge in [0.1, 0.15) is 11.6 Å². The van der Waals surface area contributed by atoms with E-state index in [4.69, 9.17) is 4.74 Å². The summed E-state index contributed by atoms with van der Waals surface area (Å²) in [7, 11) is 0. The van der Waals surface area contributed by atoms with Gasteiger partial charge in [-0.1, -0.05) is 55.9 Å². The molecule has 2 heteroatoms. The Morgan fingerprint density at radius 1 is 0.704 bits per heavy atom. The smallest absolute Gasteiger partial charge is 0.123 e. The van der Waals surface area contributed by atoms with Crippen LogP contribution >= 0.6 is 0 Å². The van der Waals surface area contributed by atoms with Crippen LogP contribution in [0.1, 0.15) is 37.3 Å². The van der Waals surface area contributed by atoms with Crippen molar-refractivity contribution in [1.82, 2.24) is 0 Å². The maximum absolute atomic E-state index is 12.9. The van der Waals surface area contributed by atoms with Crippen molar-refractivity contribution in [2.45, 2.75) is 26.2 Å². The van der Waals surface area contributed by atoms with Crippen LogP contribution in [0.15, 0.2) is 72.8 Å². The molecule has 27 heavy (non-hydrogen) atoms. The maximum Gasteiger partial charge on any atom is 0.123 e. The molecular weight excluding hydrogens is 335 g/mol. The molecule has 136 valence electrons. The molecule has 0 saturated heterocycles. The molecule has 0 aliphatic rings. The van der Waals surface area contributed by atoms with E-state index in [1.807, 2.05) is 24.3 Å². The van der Waals surface area contributed by atoms with Crippen molar-refractivity contribution in [2.75, 3.05) is 6.61 Å². The highest BCUT2D eigenvalue weighted by Crippen LogP contribution is 2.23. The van der Waals surface area contributed by atoms with Crippen LogP contribution in [0, 0.1) is 17.7 Å². The lowest BCUT2D eigenvalue weighted by atomic mass is 10.0. The average molecular weight is 358 g/mol. The Kier molecular flexibility index (Phi) is 6.66. The van der Waals surface area contributed by atoms with E-state index in [1.54, 1.807) is 12.1 Å². The predicted octanol–water partition coefficient (Wildman–Crippen LogP) is 6.46. The minimum atomic E-state index is -0.248. The number of unbranched alkanes of at least 4 members (excludes halogenated alkanes) is 2. The van der Waals surface area contributed by atoms with Crippen molar-refractivity contribution < 1.29 is 9.13 Å². The van der Waals surface area contributed by atoms with Crippen molar-refractivity contribution in [3.8, 4) is 28.7 Å². The minimum Gasteiger partial charge on any atom is -0.494 e. The summed E-state index contributed by atoms with van der Waals surface area (Å²) in [6, 6.07) is 22.5. The van der Waals surface area contributed by atoms with Gasteiger partial charge in [-0.2, -0.15) is 0 Å². The molecule has 0 aliphatic heterocycles. The summed E-state index contributed by atoms with van der Waals surface area (Å²) in [5.41, 5.74) is 4.02. The van der Waals surface area contributed by atoms with E-state index in [-0.39, 0.29) is 5.82 Å². The monoisotopic (exact) mass is 358 g/mol. The Bertz CT molecular complexity index is 898. The molecule has 0 fully saturated rings. The van der Waals surface area contributed by atoms with E-state index in [2.05, 4.69) is 43.0 Å². The number of hydrogen-bond donors (Lipinski definition) is 0. The van der Waals surface area contributed by atoms with Gasteiger partial charge >= 0.3 is 0 Å². The fraction of sp³-hybridized carbons (Fsp3) is 0.200. The molecule has 0 amide bonds. The summed E-state index contributed by atoms with van der Waals surface area (Å²) in [6.45, 7) is 2.96. The molecule has 0 radical (unpaired) electrons. The Morgan fingerprint density at radius 2 is 1.22 bits per heavy atom. The number of benzene rings is 3. The van der Waals surface area contributed by atoms with Gasteiger partial charge in [0, 0.05) is 11.1 Å². The summed E-state index contributed by atoms with van der Waals surface area (Å²) in [4.78, 5) is 0. The van der Waals surface area contributed by atoms with Gasteiger partial charge in [0.15, 0.2) is 0 Å². The van der Waals surface area contributed by atoms with Gasteiger partial charge < -0.3 is 4.74 Å². The highest BCUT2D eigenvalue weighted by Gasteiger charge is 1.99. The third-order valence-electron chi connectivity index (χ3n) is 4.28. The van der Waals surface area contributed by atoms with Crippen LogP contribution in [0.3, 0.4) is 0 Å². The van der Waals surface area contributed by atoms with Crippen molar-refractivity contribution >= 4 is 0 Å². The van der Waals surface area contributed by atoms with Crippen LogP contribution in [0.2, 0.25) is 0 Å². The Hall–Kier alpha value is -3.05. The van der Waals surface area contributed by atoms with Crippen LogP contribution in [0.4, 0.5) is 4.39 Å². The molecular formula is C25H23FO. The molecule has 0 spiro atoms. The van der Waals surface area contributed by atoms with E-state index in [0.717, 1.165) is 41.0 Å². The van der Waals surface area contributed by atoms with Crippen molar-refractivity contribution in [1.29, 1.82) is 0 Å². The van der Waals surface area contributed by atoms with E-state index in [0.29, 0.717) is 0 Å². The first-order chi connectivity index (χ1) is 13.2. The van der Waals surface area contributed by atoms with Gasteiger partial charge in [-0.15, -0.1) is 0 Å². The minimum absolute atomic E-state index is 0.248. The summed E-state index contributed by atoms with van der Waals surface area (Å²) in [5, 5.41) is 0. The maximum atomic E-state index is 12.9. The molecule has 0 unspecified atom stereocenters. The quantitative estimate of drug-likeness (QED) is 0.363. The van der Waals surface area contributed by atoms with Crippen LogP contribution in [0.5, 0.6) is 5.75 Å². The molecule has 0 bridgehead atoms. The summed E-state index contributed by atoms with van der Waals surface area (Å²) < 4.78 is 18.7. The van der Waals surface area contributed by atoms with Crippen LogP contribution in [0.25, 0.3) is 11.1 Å². The van der Waals surface area contributed by atoms with Gasteiger partial charge in [0.2, 0.25) is 0 Å². The molecule has 0 aliphatic carbocycles. The van der Waals surface area contributed by atoms with Gasteiger partial charge in [0.25, 0.3) is 0 Å². The van der Waals surface area contributed by atoms with Gasteiger partial charge in [-0.25, -0.2) is 4.39 Å². The number of halogens is 1. The van der Waals surface area contributed by atoms with Crippen LogP contribution < -0.4 is 4.74 Å². The Morgan fingerprint density at radius 3 is 1.78 bits per heavy atom. The zero-order valence-corrected chi connectivity index (χ0v) is 15.5. The topological polar surface area (TPSA) is 9.23 Å². The average Bonchev–Trinajstić information content (AvgIpc) is 2.72. The van der Waals surface area contributed by atoms with Gasteiger partial charge in [-0.3, -0.25) is 0 Å². The van der Waals surface area contributed by atoms with E-state index in [1.165, 1.54) is 25.0 Å². The zero-order chi connectivity index (χ0) is 18.9. The number of ether oxygens (including phenoxy) is 1. The molecule has 3 rings (SSSR count). The van der Waals surface area contributed by atoms with Crippen molar-refractivity contribution in [2.24, 2.45) is 0 Å². The first-order valence-corrected chi connectivity index (χ1v) is 9.35. The Balaban J connectivity index is 1.62. The second-order valence-corrected chi connectivity index (χ2v) is 6.41. The fourth-order valence-corrected chi connectivity index (χ4v) is 2.71. The van der Waals surface area contributed by atoms with Crippen LogP contribution in [-0.4, -0.2) is 6.61 Å². The van der Waals surface area contributed by atoms with Crippen LogP contribution in [-0.2, 0) is 0 Å². The molecule has 0 saturated carbocycles. The van der Waals surface area contributed by atoms with E-state index < -0.39 is 0 Å². The van der Waals surface area contributed by atoms with E-state index in [9.17, 15) is 4.39 Å². The molecule has 0 heterocycles. The predicted molar refractivity (Wildman–Crippen MR) is 109 cm³/mol. The van der Waals surface area contributed by atoms with Crippen molar-refractivity contribution in [3.05, 3.63) is 89.7 Å². The van der Waals surface area contributed by atoms with E-state index >= 15 is 0 Å². The fourth-order valence-electron chi connectivity index (χ4n) is 2.71. The van der Waals surface area contributed by atoms with Crippen molar-refractivity contribution in [3.63, 3.8) is 0 Å². The lowest BCUT2D eigenvalue weighted by Gasteiger charge is -2.07. The molecule has 3 aromatic rings. The highest BCUT2D eigenvalue weighted by atomic mass is 19.1. The zero-order valence-electron chi connectivity index (χ0n) is 15.5. The molecule has 0 atom stereocenters. The molecule has 3 aromatic carbocycles. The third kappa shape index (κ3) is 5.72. The molecule has 0 N–H and O–H groups in total. The first kappa shape index (κ1) is 18.7. The largest absolute Gasteiger partial charge is 0.494 e. The lowest BCUT2D eigenvalue weighted by Crippen LogP contribution is -1.96.